The van der Waals surface area contributed by atoms with Gasteiger partial charge in [-0.2, -0.15) is 0 Å². The van der Waals surface area contributed by atoms with Crippen molar-refractivity contribution in [2.45, 2.75) is 13.5 Å². The molecule has 0 radical (unpaired) electrons. The Morgan fingerprint density at radius 3 is 2.83 bits per heavy atom. The molecule has 3 rings (SSSR count). The first kappa shape index (κ1) is 16.9. The van der Waals surface area contributed by atoms with E-state index in [-0.39, 0.29) is 17.5 Å². The predicted octanol–water partition coefficient (Wildman–Crippen LogP) is 4.35. The van der Waals surface area contributed by atoms with E-state index in [0.717, 1.165) is 11.1 Å². The van der Waals surface area contributed by atoms with Crippen molar-refractivity contribution < 1.29 is 13.5 Å². The Hall–Kier alpha value is -1.90. The number of benzene rings is 1. The molecular formula is C17H16F2IN3O. The zero-order valence-electron chi connectivity index (χ0n) is 13.2. The number of fused-ring (bicyclic) bond motifs is 1. The number of hydrogen-bond acceptors (Lipinski definition) is 3. The van der Waals surface area contributed by atoms with Gasteiger partial charge in [0.2, 0.25) is 0 Å². The molecule has 3 aromatic rings. The molecule has 24 heavy (non-hydrogen) atoms. The van der Waals surface area contributed by atoms with Crippen LogP contribution in [0.3, 0.4) is 0 Å². The first-order chi connectivity index (χ1) is 11.5. The maximum Gasteiger partial charge on any atom is 0.178 e. The fourth-order valence-corrected chi connectivity index (χ4v) is 3.15. The van der Waals surface area contributed by atoms with Crippen molar-refractivity contribution in [2.24, 2.45) is 0 Å². The number of pyridine rings is 1. The summed E-state index contributed by atoms with van der Waals surface area (Å²) in [7, 11) is 1.56. The molecule has 0 atom stereocenters. The molecule has 0 unspecified atom stereocenters. The van der Waals surface area contributed by atoms with E-state index in [0.29, 0.717) is 27.9 Å². The molecule has 0 saturated heterocycles. The lowest BCUT2D eigenvalue weighted by Crippen LogP contribution is -2.14. The van der Waals surface area contributed by atoms with Gasteiger partial charge in [0.15, 0.2) is 11.6 Å². The highest BCUT2D eigenvalue weighted by Gasteiger charge is 2.14. The van der Waals surface area contributed by atoms with Crippen LogP contribution in [0.15, 0.2) is 30.5 Å². The molecule has 1 N–H and O–H groups in total. The molecule has 0 bridgehead atoms. The lowest BCUT2D eigenvalue weighted by molar-refractivity contribution is 0.419. The maximum atomic E-state index is 14.3. The Kier molecular flexibility index (Phi) is 4.88. The van der Waals surface area contributed by atoms with Crippen molar-refractivity contribution in [3.05, 3.63) is 51.4 Å². The standard InChI is InChI=1S/C17H16F2IN3O/c1-10-9-11-14(24-2)4-3-12(18)16(11)23(10)8-7-22-17-15(19)13(20)5-6-21-17/h3-6,9H,7-8H2,1-2H3,(H,21,22). The van der Waals surface area contributed by atoms with Crippen LogP contribution in [0, 0.1) is 22.1 Å². The molecule has 126 valence electrons. The summed E-state index contributed by atoms with van der Waals surface area (Å²) in [6.45, 7) is 2.81. The van der Waals surface area contributed by atoms with Crippen LogP contribution >= 0.6 is 22.6 Å². The van der Waals surface area contributed by atoms with Crippen LogP contribution in [0.2, 0.25) is 0 Å². The fraction of sp³-hybridized carbons (Fsp3) is 0.235. The average molecular weight is 443 g/mol. The normalized spacial score (nSPS) is 11.0. The molecule has 1 aromatic carbocycles. The summed E-state index contributed by atoms with van der Waals surface area (Å²) in [6.07, 6.45) is 1.55. The third kappa shape index (κ3) is 3.04. The molecular weight excluding hydrogens is 427 g/mol. The van der Waals surface area contributed by atoms with Gasteiger partial charge in [0.05, 0.1) is 16.2 Å². The van der Waals surface area contributed by atoms with E-state index in [2.05, 4.69) is 10.3 Å². The maximum absolute atomic E-state index is 14.3. The Labute approximate surface area is 152 Å². The number of hydrogen-bond donors (Lipinski definition) is 1. The number of anilines is 1. The largest absolute Gasteiger partial charge is 0.496 e. The molecule has 0 spiro atoms. The van der Waals surface area contributed by atoms with E-state index in [4.69, 9.17) is 4.74 Å². The van der Waals surface area contributed by atoms with Gasteiger partial charge < -0.3 is 14.6 Å². The van der Waals surface area contributed by atoms with Crippen molar-refractivity contribution in [2.75, 3.05) is 19.0 Å². The minimum absolute atomic E-state index is 0.203. The number of halogens is 3. The number of rotatable bonds is 5. The molecule has 0 aliphatic rings. The Morgan fingerprint density at radius 1 is 1.29 bits per heavy atom. The van der Waals surface area contributed by atoms with E-state index in [1.54, 1.807) is 25.4 Å². The van der Waals surface area contributed by atoms with Gasteiger partial charge in [-0.15, -0.1) is 0 Å². The van der Waals surface area contributed by atoms with E-state index in [1.165, 1.54) is 6.07 Å². The number of nitrogens with zero attached hydrogens (tertiary/aromatic N) is 2. The van der Waals surface area contributed by atoms with Crippen LogP contribution < -0.4 is 10.1 Å². The van der Waals surface area contributed by atoms with E-state index in [1.807, 2.05) is 40.1 Å². The smallest absolute Gasteiger partial charge is 0.178 e. The SMILES string of the molecule is COc1ccc(F)c2c1cc(C)n2CCNc1nccc(I)c1F. The van der Waals surface area contributed by atoms with Crippen molar-refractivity contribution in [3.63, 3.8) is 0 Å². The zero-order chi connectivity index (χ0) is 17.3. The molecule has 7 heteroatoms. The zero-order valence-corrected chi connectivity index (χ0v) is 15.4. The summed E-state index contributed by atoms with van der Waals surface area (Å²) in [5, 5.41) is 3.70. The summed E-state index contributed by atoms with van der Waals surface area (Å²) >= 11 is 1.92. The number of nitrogens with one attached hydrogen (secondary N) is 1. The Bertz CT molecular complexity index is 895. The van der Waals surface area contributed by atoms with Crippen molar-refractivity contribution in [1.82, 2.24) is 9.55 Å². The molecule has 0 fully saturated rings. The van der Waals surface area contributed by atoms with Gasteiger partial charge in [0.25, 0.3) is 0 Å². The van der Waals surface area contributed by atoms with Crippen LogP contribution in [0.4, 0.5) is 14.6 Å². The molecule has 2 aromatic heterocycles. The monoisotopic (exact) mass is 443 g/mol. The molecule has 0 aliphatic heterocycles. The average Bonchev–Trinajstić information content (AvgIpc) is 2.89. The number of ether oxygens (including phenoxy) is 1. The van der Waals surface area contributed by atoms with Crippen LogP contribution in [0.5, 0.6) is 5.75 Å². The molecule has 4 nitrogen and oxygen atoms in total. The fourth-order valence-electron chi connectivity index (χ4n) is 2.74. The van der Waals surface area contributed by atoms with Crippen molar-refractivity contribution in [3.8, 4) is 5.75 Å². The van der Waals surface area contributed by atoms with E-state index >= 15 is 0 Å². The van der Waals surface area contributed by atoms with Crippen molar-refractivity contribution in [1.29, 1.82) is 0 Å². The first-order valence-corrected chi connectivity index (χ1v) is 8.47. The van der Waals surface area contributed by atoms with Crippen LogP contribution in [0.1, 0.15) is 5.69 Å². The number of aryl methyl sites for hydroxylation is 1. The summed E-state index contributed by atoms with van der Waals surface area (Å²) in [4.78, 5) is 3.99. The summed E-state index contributed by atoms with van der Waals surface area (Å²) in [5.41, 5.74) is 1.40. The van der Waals surface area contributed by atoms with Gasteiger partial charge in [0.1, 0.15) is 11.6 Å². The molecule has 0 saturated carbocycles. The lowest BCUT2D eigenvalue weighted by atomic mass is 10.2. The molecule has 0 amide bonds. The molecule has 2 heterocycles. The minimum Gasteiger partial charge on any atom is -0.496 e. The Balaban J connectivity index is 1.85. The quantitative estimate of drug-likeness (QED) is 0.597. The topological polar surface area (TPSA) is 39.1 Å². The predicted molar refractivity (Wildman–Crippen MR) is 98.6 cm³/mol. The second kappa shape index (κ2) is 6.92. The van der Waals surface area contributed by atoms with Gasteiger partial charge in [0, 0.05) is 30.4 Å². The van der Waals surface area contributed by atoms with E-state index < -0.39 is 0 Å². The second-order valence-corrected chi connectivity index (χ2v) is 6.49. The van der Waals surface area contributed by atoms with Crippen LogP contribution in [-0.2, 0) is 6.54 Å². The van der Waals surface area contributed by atoms with Gasteiger partial charge >= 0.3 is 0 Å². The van der Waals surface area contributed by atoms with Gasteiger partial charge in [-0.25, -0.2) is 13.8 Å². The van der Waals surface area contributed by atoms with Gasteiger partial charge in [-0.1, -0.05) is 0 Å². The van der Waals surface area contributed by atoms with Gasteiger partial charge in [-0.05, 0) is 53.8 Å². The minimum atomic E-state index is -0.375. The number of aromatic nitrogens is 2. The van der Waals surface area contributed by atoms with E-state index in [9.17, 15) is 8.78 Å². The highest BCUT2D eigenvalue weighted by atomic mass is 127. The van der Waals surface area contributed by atoms with Gasteiger partial charge in [-0.3, -0.25) is 0 Å². The first-order valence-electron chi connectivity index (χ1n) is 7.39. The summed E-state index contributed by atoms with van der Waals surface area (Å²) < 4.78 is 35.9. The summed E-state index contributed by atoms with van der Waals surface area (Å²) in [5.74, 6) is 0.151. The third-order valence-electron chi connectivity index (χ3n) is 3.87. The second-order valence-electron chi connectivity index (χ2n) is 5.33. The highest BCUT2D eigenvalue weighted by Crippen LogP contribution is 2.30. The van der Waals surface area contributed by atoms with Crippen molar-refractivity contribution >= 4 is 39.3 Å². The van der Waals surface area contributed by atoms with Crippen LogP contribution in [-0.4, -0.2) is 23.2 Å². The highest BCUT2D eigenvalue weighted by molar-refractivity contribution is 14.1. The molecule has 0 aliphatic carbocycles. The Morgan fingerprint density at radius 2 is 2.08 bits per heavy atom. The number of methoxy groups -OCH3 is 1. The lowest BCUT2D eigenvalue weighted by Gasteiger charge is -2.12. The third-order valence-corrected chi connectivity index (χ3v) is 4.70. The van der Waals surface area contributed by atoms with Crippen LogP contribution in [0.25, 0.3) is 10.9 Å². The summed E-state index contributed by atoms with van der Waals surface area (Å²) in [6, 6.07) is 6.50.